The summed E-state index contributed by atoms with van der Waals surface area (Å²) in [5.74, 6) is -1.06. The molecule has 3 atom stereocenters. The van der Waals surface area contributed by atoms with Crippen LogP contribution in [0.25, 0.3) is 0 Å². The Morgan fingerprint density at radius 3 is 2.58 bits per heavy atom. The third kappa shape index (κ3) is 3.07. The highest BCUT2D eigenvalue weighted by Gasteiger charge is 2.61. The van der Waals surface area contributed by atoms with E-state index in [-0.39, 0.29) is 12.8 Å². The molecule has 2 fully saturated rings. The van der Waals surface area contributed by atoms with E-state index < -0.39 is 41.9 Å². The summed E-state index contributed by atoms with van der Waals surface area (Å²) < 4.78 is 39.8. The molecule has 132 valence electrons. The summed E-state index contributed by atoms with van der Waals surface area (Å²) >= 11 is 0. The average Bonchev–Trinajstić information content (AvgIpc) is 2.55. The van der Waals surface area contributed by atoms with Crippen LogP contribution in [0.2, 0.25) is 0 Å². The van der Waals surface area contributed by atoms with Gasteiger partial charge >= 0.3 is 6.18 Å². The normalized spacial score (nSPS) is 34.7. The second kappa shape index (κ2) is 6.24. The lowest BCUT2D eigenvalue weighted by Gasteiger charge is -2.50. The highest BCUT2D eigenvalue weighted by molar-refractivity contribution is 5.80. The summed E-state index contributed by atoms with van der Waals surface area (Å²) in [5.41, 5.74) is -2.62. The number of nitrogens with one attached hydrogen (secondary N) is 1. The Labute approximate surface area is 139 Å². The molecule has 0 radical (unpaired) electrons. The van der Waals surface area contributed by atoms with E-state index in [0.29, 0.717) is 17.7 Å². The van der Waals surface area contributed by atoms with E-state index >= 15 is 0 Å². The fraction of sp³-hybridized carbons (Fsp3) is 0.500. The van der Waals surface area contributed by atoms with Crippen molar-refractivity contribution in [2.45, 2.75) is 43.9 Å². The molecule has 2 N–H and O–H groups in total. The molecule has 0 spiro atoms. The lowest BCUT2D eigenvalue weighted by atomic mass is 9.56. The van der Waals surface area contributed by atoms with E-state index in [1.165, 1.54) is 0 Å². The van der Waals surface area contributed by atoms with E-state index in [2.05, 4.69) is 25.1 Å². The van der Waals surface area contributed by atoms with Crippen molar-refractivity contribution in [3.05, 3.63) is 49.2 Å². The quantitative estimate of drug-likeness (QED) is 0.768. The third-order valence-corrected chi connectivity index (χ3v) is 5.32. The molecule has 3 unspecified atom stereocenters. The van der Waals surface area contributed by atoms with E-state index in [1.54, 1.807) is 12.2 Å². The van der Waals surface area contributed by atoms with E-state index in [4.69, 9.17) is 0 Å². The van der Waals surface area contributed by atoms with Gasteiger partial charge in [0.2, 0.25) is 5.91 Å². The van der Waals surface area contributed by atoms with Crippen LogP contribution < -0.4 is 5.32 Å². The van der Waals surface area contributed by atoms with Gasteiger partial charge in [-0.2, -0.15) is 13.2 Å². The SMILES string of the molecule is C=CC=CCC12CCC(O)(C(F)(F)F)CC1CC(=O)NC(=C)C2=C. The number of hydrogen-bond donors (Lipinski definition) is 2. The first-order chi connectivity index (χ1) is 11.1. The molecule has 0 aromatic carbocycles. The van der Waals surface area contributed by atoms with Crippen molar-refractivity contribution in [3.8, 4) is 0 Å². The molecule has 1 aliphatic carbocycles. The summed E-state index contributed by atoms with van der Waals surface area (Å²) in [4.78, 5) is 12.0. The number of halogens is 3. The van der Waals surface area contributed by atoms with Gasteiger partial charge in [-0.05, 0) is 37.2 Å². The molecule has 2 aliphatic rings. The summed E-state index contributed by atoms with van der Waals surface area (Å²) in [6, 6.07) is 0. The number of rotatable bonds is 3. The molecule has 6 heteroatoms. The van der Waals surface area contributed by atoms with Crippen molar-refractivity contribution < 1.29 is 23.1 Å². The van der Waals surface area contributed by atoms with Crippen LogP contribution in [-0.2, 0) is 4.79 Å². The van der Waals surface area contributed by atoms with Gasteiger partial charge in [-0.15, -0.1) is 0 Å². The Morgan fingerprint density at radius 2 is 2.00 bits per heavy atom. The molecule has 1 heterocycles. The first kappa shape index (κ1) is 18.5. The largest absolute Gasteiger partial charge is 0.417 e. The van der Waals surface area contributed by atoms with Crippen molar-refractivity contribution in [1.82, 2.24) is 5.32 Å². The van der Waals surface area contributed by atoms with Crippen LogP contribution in [-0.4, -0.2) is 22.8 Å². The van der Waals surface area contributed by atoms with Crippen LogP contribution >= 0.6 is 0 Å². The second-order valence-corrected chi connectivity index (χ2v) is 6.66. The summed E-state index contributed by atoms with van der Waals surface area (Å²) in [5, 5.41) is 12.7. The molecule has 1 saturated heterocycles. The maximum atomic E-state index is 13.3. The number of allylic oxidation sites excluding steroid dienone is 4. The molecule has 24 heavy (non-hydrogen) atoms. The molecule has 1 saturated carbocycles. The van der Waals surface area contributed by atoms with Gasteiger partial charge in [-0.25, -0.2) is 0 Å². The minimum Gasteiger partial charge on any atom is -0.380 e. The smallest absolute Gasteiger partial charge is 0.380 e. The fourth-order valence-electron chi connectivity index (χ4n) is 3.85. The molecule has 3 nitrogen and oxygen atoms in total. The van der Waals surface area contributed by atoms with Crippen LogP contribution in [0.5, 0.6) is 0 Å². The third-order valence-electron chi connectivity index (χ3n) is 5.32. The monoisotopic (exact) mass is 341 g/mol. The number of fused-ring (bicyclic) bond motifs is 1. The van der Waals surface area contributed by atoms with Gasteiger partial charge in [0.1, 0.15) is 0 Å². The van der Waals surface area contributed by atoms with E-state index in [9.17, 15) is 23.1 Å². The topological polar surface area (TPSA) is 49.3 Å². The van der Waals surface area contributed by atoms with Crippen LogP contribution in [0.4, 0.5) is 13.2 Å². The molecular formula is C18H22F3NO2. The Morgan fingerprint density at radius 1 is 1.33 bits per heavy atom. The Hall–Kier alpha value is -1.82. The predicted octanol–water partition coefficient (Wildman–Crippen LogP) is 3.79. The average molecular weight is 341 g/mol. The standard InChI is InChI=1S/C18H22F3NO2/c1-4-5-6-7-16-8-9-17(24,18(19,20)21)11-14(16)10-15(23)22-13(3)12(16)2/h4-6,14,24H,1-3,7-11H2,(H,22,23). The molecule has 0 bridgehead atoms. The number of alkyl halides is 3. The zero-order chi connectivity index (χ0) is 18.2. The molecule has 2 rings (SSSR count). The maximum Gasteiger partial charge on any atom is 0.417 e. The van der Waals surface area contributed by atoms with Gasteiger partial charge in [0.05, 0.1) is 0 Å². The first-order valence-corrected chi connectivity index (χ1v) is 7.81. The minimum absolute atomic E-state index is 0.0853. The molecule has 0 aromatic rings. The molecule has 1 aliphatic heterocycles. The van der Waals surface area contributed by atoms with Gasteiger partial charge in [0.15, 0.2) is 5.60 Å². The van der Waals surface area contributed by atoms with Gasteiger partial charge < -0.3 is 10.4 Å². The summed E-state index contributed by atoms with van der Waals surface area (Å²) in [7, 11) is 0. The molecule has 1 amide bonds. The number of carbonyl (C=O) groups excluding carboxylic acids is 1. The van der Waals surface area contributed by atoms with Gasteiger partial charge in [-0.3, -0.25) is 4.79 Å². The Kier molecular flexibility index (Phi) is 4.81. The molecular weight excluding hydrogens is 319 g/mol. The number of amides is 1. The van der Waals surface area contributed by atoms with E-state index in [1.807, 2.05) is 6.08 Å². The number of hydrogen-bond acceptors (Lipinski definition) is 2. The van der Waals surface area contributed by atoms with Crippen molar-refractivity contribution in [1.29, 1.82) is 0 Å². The van der Waals surface area contributed by atoms with Gasteiger partial charge in [0.25, 0.3) is 0 Å². The van der Waals surface area contributed by atoms with Crippen LogP contribution in [0.15, 0.2) is 49.2 Å². The highest BCUT2D eigenvalue weighted by atomic mass is 19.4. The van der Waals surface area contributed by atoms with Crippen molar-refractivity contribution in [2.24, 2.45) is 11.3 Å². The van der Waals surface area contributed by atoms with E-state index in [0.717, 1.165) is 0 Å². The number of carbonyl (C=O) groups is 1. The lowest BCUT2D eigenvalue weighted by molar-refractivity contribution is -0.281. The van der Waals surface area contributed by atoms with Crippen LogP contribution in [0.1, 0.15) is 32.1 Å². The van der Waals surface area contributed by atoms with Gasteiger partial charge in [-0.1, -0.05) is 38.0 Å². The van der Waals surface area contributed by atoms with Crippen molar-refractivity contribution in [3.63, 3.8) is 0 Å². The Bertz CT molecular complexity index is 608. The predicted molar refractivity (Wildman–Crippen MR) is 85.8 cm³/mol. The highest BCUT2D eigenvalue weighted by Crippen LogP contribution is 2.58. The van der Waals surface area contributed by atoms with Crippen LogP contribution in [0.3, 0.4) is 0 Å². The first-order valence-electron chi connectivity index (χ1n) is 7.81. The lowest BCUT2D eigenvalue weighted by Crippen LogP contribution is -2.54. The van der Waals surface area contributed by atoms with Crippen molar-refractivity contribution in [2.75, 3.05) is 0 Å². The molecule has 0 aromatic heterocycles. The van der Waals surface area contributed by atoms with Crippen LogP contribution in [0, 0.1) is 11.3 Å². The Balaban J connectivity index is 2.46. The van der Waals surface area contributed by atoms with Gasteiger partial charge in [0, 0.05) is 17.5 Å². The zero-order valence-electron chi connectivity index (χ0n) is 13.5. The summed E-state index contributed by atoms with van der Waals surface area (Å²) in [6.45, 7) is 11.4. The second-order valence-electron chi connectivity index (χ2n) is 6.66. The fourth-order valence-corrected chi connectivity index (χ4v) is 3.85. The van der Waals surface area contributed by atoms with Crippen molar-refractivity contribution >= 4 is 5.91 Å². The minimum atomic E-state index is -4.72. The number of aliphatic hydroxyl groups is 1. The maximum absolute atomic E-state index is 13.3. The zero-order valence-corrected chi connectivity index (χ0v) is 13.5. The summed E-state index contributed by atoms with van der Waals surface area (Å²) in [6.07, 6.45) is -0.146.